The van der Waals surface area contributed by atoms with E-state index in [1.54, 1.807) is 13.2 Å². The second kappa shape index (κ2) is 3.07. The van der Waals surface area contributed by atoms with Crippen LogP contribution in [0.2, 0.25) is 0 Å². The van der Waals surface area contributed by atoms with Gasteiger partial charge in [-0.1, -0.05) is 0 Å². The number of rotatable bonds is 1. The number of methoxy groups -OCH3 is 1. The van der Waals surface area contributed by atoms with Gasteiger partial charge in [-0.15, -0.1) is 0 Å². The molecule has 3 rings (SSSR count). The molecule has 16 heavy (non-hydrogen) atoms. The number of halogens is 1. The number of benzene rings is 1. The summed E-state index contributed by atoms with van der Waals surface area (Å²) in [5, 5.41) is 0.711. The molecule has 1 aliphatic carbocycles. The number of hydrogen-bond acceptors (Lipinski definition) is 2. The normalized spacial score (nSPS) is 14.5. The average molecular weight is 219 g/mol. The van der Waals surface area contributed by atoms with E-state index in [-0.39, 0.29) is 11.6 Å². The Morgan fingerprint density at radius 3 is 2.94 bits per heavy atom. The minimum absolute atomic E-state index is 0.0488. The molecule has 1 aromatic heterocycles. The van der Waals surface area contributed by atoms with Crippen LogP contribution >= 0.6 is 0 Å². The second-order valence-corrected chi connectivity index (χ2v) is 3.90. The first-order valence-corrected chi connectivity index (χ1v) is 5.12. The number of aromatic nitrogens is 1. The number of hydrogen-bond donors (Lipinski definition) is 1. The summed E-state index contributed by atoms with van der Waals surface area (Å²) in [7, 11) is 1.54. The summed E-state index contributed by atoms with van der Waals surface area (Å²) in [6, 6.07) is 2.94. The van der Waals surface area contributed by atoms with Crippen LogP contribution in [0.4, 0.5) is 4.39 Å². The van der Waals surface area contributed by atoms with Crippen LogP contribution in [0.25, 0.3) is 10.9 Å². The molecule has 0 atom stereocenters. The number of H-pyrrole nitrogens is 1. The third-order valence-corrected chi connectivity index (χ3v) is 3.07. The molecule has 0 spiro atoms. The maximum absolute atomic E-state index is 13.6. The van der Waals surface area contributed by atoms with Crippen LogP contribution in [0.3, 0.4) is 0 Å². The van der Waals surface area contributed by atoms with Gasteiger partial charge in [0.1, 0.15) is 11.6 Å². The van der Waals surface area contributed by atoms with Crippen molar-refractivity contribution in [3.8, 4) is 5.75 Å². The zero-order chi connectivity index (χ0) is 11.3. The fraction of sp³-hybridized carbons (Fsp3) is 0.250. The van der Waals surface area contributed by atoms with Gasteiger partial charge in [0.15, 0.2) is 5.78 Å². The molecule has 1 N–H and O–H groups in total. The van der Waals surface area contributed by atoms with Crippen molar-refractivity contribution in [2.75, 3.05) is 7.11 Å². The van der Waals surface area contributed by atoms with Gasteiger partial charge in [0.25, 0.3) is 0 Å². The fourth-order valence-electron chi connectivity index (χ4n) is 2.33. The van der Waals surface area contributed by atoms with Crippen molar-refractivity contribution in [3.63, 3.8) is 0 Å². The number of carbonyl (C=O) groups is 1. The van der Waals surface area contributed by atoms with Crippen LogP contribution in [0.15, 0.2) is 12.1 Å². The lowest BCUT2D eigenvalue weighted by Crippen LogP contribution is -1.92. The van der Waals surface area contributed by atoms with Crippen molar-refractivity contribution in [1.29, 1.82) is 0 Å². The average Bonchev–Trinajstić information content (AvgIpc) is 2.81. The quantitative estimate of drug-likeness (QED) is 0.800. The summed E-state index contributed by atoms with van der Waals surface area (Å²) in [6.45, 7) is 0. The molecule has 1 heterocycles. The Morgan fingerprint density at radius 1 is 1.38 bits per heavy atom. The molecule has 0 aliphatic heterocycles. The monoisotopic (exact) mass is 219 g/mol. The van der Waals surface area contributed by atoms with Crippen LogP contribution in [0.5, 0.6) is 5.75 Å². The van der Waals surface area contributed by atoms with E-state index in [1.165, 1.54) is 6.07 Å². The highest BCUT2D eigenvalue weighted by molar-refractivity contribution is 6.07. The second-order valence-electron chi connectivity index (χ2n) is 3.90. The standard InChI is InChI=1S/C12H10FNO2/c1-16-9-5-3-7(13)12-10(9)6-2-4-8(15)11(6)14-12/h3,5,14H,2,4H2,1H3. The lowest BCUT2D eigenvalue weighted by Gasteiger charge is -2.03. The molecule has 0 amide bonds. The first kappa shape index (κ1) is 9.39. The SMILES string of the molecule is COc1ccc(F)c2[nH]c3c(c12)CCC3=O. The molecule has 1 aromatic carbocycles. The van der Waals surface area contributed by atoms with E-state index in [0.29, 0.717) is 35.2 Å². The Bertz CT molecular complexity index is 601. The molecular formula is C12H10FNO2. The highest BCUT2D eigenvalue weighted by Crippen LogP contribution is 2.36. The topological polar surface area (TPSA) is 42.1 Å². The van der Waals surface area contributed by atoms with Crippen LogP contribution in [-0.2, 0) is 6.42 Å². The number of nitrogens with one attached hydrogen (secondary N) is 1. The number of aryl methyl sites for hydroxylation is 1. The van der Waals surface area contributed by atoms with Gasteiger partial charge in [-0.25, -0.2) is 4.39 Å². The van der Waals surface area contributed by atoms with E-state index >= 15 is 0 Å². The third-order valence-electron chi connectivity index (χ3n) is 3.07. The summed E-state index contributed by atoms with van der Waals surface area (Å²) in [6.07, 6.45) is 1.16. The molecule has 0 radical (unpaired) electrons. The summed E-state index contributed by atoms with van der Waals surface area (Å²) >= 11 is 0. The molecule has 0 unspecified atom stereocenters. The maximum Gasteiger partial charge on any atom is 0.179 e. The molecule has 2 aromatic rings. The van der Waals surface area contributed by atoms with Gasteiger partial charge in [0.2, 0.25) is 0 Å². The first-order valence-electron chi connectivity index (χ1n) is 5.12. The minimum atomic E-state index is -0.349. The molecular weight excluding hydrogens is 209 g/mol. The van der Waals surface area contributed by atoms with Crippen LogP contribution < -0.4 is 4.74 Å². The molecule has 0 saturated heterocycles. The lowest BCUT2D eigenvalue weighted by molar-refractivity contribution is 0.0990. The molecule has 4 heteroatoms. The van der Waals surface area contributed by atoms with Gasteiger partial charge < -0.3 is 9.72 Å². The predicted molar refractivity (Wildman–Crippen MR) is 57.5 cm³/mol. The van der Waals surface area contributed by atoms with E-state index in [2.05, 4.69) is 4.98 Å². The van der Waals surface area contributed by atoms with Crippen molar-refractivity contribution in [3.05, 3.63) is 29.2 Å². The molecule has 1 aliphatic rings. The first-order chi connectivity index (χ1) is 7.72. The smallest absolute Gasteiger partial charge is 0.179 e. The molecule has 0 bridgehead atoms. The van der Waals surface area contributed by atoms with Crippen molar-refractivity contribution in [2.45, 2.75) is 12.8 Å². The van der Waals surface area contributed by atoms with Crippen LogP contribution in [0.1, 0.15) is 22.5 Å². The number of Topliss-reactive ketones (excluding diaryl/α,β-unsaturated/α-hetero) is 1. The summed E-state index contributed by atoms with van der Waals surface area (Å²) < 4.78 is 18.8. The van der Waals surface area contributed by atoms with Gasteiger partial charge in [0, 0.05) is 11.8 Å². The highest BCUT2D eigenvalue weighted by Gasteiger charge is 2.27. The van der Waals surface area contributed by atoms with Gasteiger partial charge in [-0.2, -0.15) is 0 Å². The van der Waals surface area contributed by atoms with E-state index in [0.717, 1.165) is 5.56 Å². The molecule has 0 fully saturated rings. The minimum Gasteiger partial charge on any atom is -0.496 e. The fourth-order valence-corrected chi connectivity index (χ4v) is 2.33. The summed E-state index contributed by atoms with van der Waals surface area (Å²) in [5.74, 6) is 0.314. The van der Waals surface area contributed by atoms with Crippen molar-refractivity contribution in [1.82, 2.24) is 4.98 Å². The van der Waals surface area contributed by atoms with Crippen molar-refractivity contribution < 1.29 is 13.9 Å². The number of ether oxygens (including phenoxy) is 1. The highest BCUT2D eigenvalue weighted by atomic mass is 19.1. The maximum atomic E-state index is 13.6. The van der Waals surface area contributed by atoms with Gasteiger partial charge >= 0.3 is 0 Å². The third kappa shape index (κ3) is 1.04. The van der Waals surface area contributed by atoms with Gasteiger partial charge in [-0.3, -0.25) is 4.79 Å². The number of ketones is 1. The lowest BCUT2D eigenvalue weighted by atomic mass is 10.1. The van der Waals surface area contributed by atoms with Gasteiger partial charge in [0.05, 0.1) is 18.3 Å². The van der Waals surface area contributed by atoms with Gasteiger partial charge in [-0.05, 0) is 24.1 Å². The van der Waals surface area contributed by atoms with E-state index in [4.69, 9.17) is 4.74 Å². The zero-order valence-electron chi connectivity index (χ0n) is 8.76. The Kier molecular flexibility index (Phi) is 1.80. The van der Waals surface area contributed by atoms with E-state index in [1.807, 2.05) is 0 Å². The van der Waals surface area contributed by atoms with Crippen molar-refractivity contribution >= 4 is 16.7 Å². The zero-order valence-corrected chi connectivity index (χ0v) is 8.76. The summed E-state index contributed by atoms with van der Waals surface area (Å²) in [5.41, 5.74) is 1.80. The summed E-state index contributed by atoms with van der Waals surface area (Å²) in [4.78, 5) is 14.4. The Hall–Kier alpha value is -1.84. The predicted octanol–water partition coefficient (Wildman–Crippen LogP) is 2.44. The largest absolute Gasteiger partial charge is 0.496 e. The van der Waals surface area contributed by atoms with E-state index in [9.17, 15) is 9.18 Å². The Labute approximate surface area is 91.2 Å². The molecule has 3 nitrogen and oxygen atoms in total. The number of carbonyl (C=O) groups excluding carboxylic acids is 1. The van der Waals surface area contributed by atoms with Crippen molar-refractivity contribution in [2.24, 2.45) is 0 Å². The molecule has 0 saturated carbocycles. The number of aromatic amines is 1. The number of fused-ring (bicyclic) bond motifs is 3. The van der Waals surface area contributed by atoms with Crippen LogP contribution in [0, 0.1) is 5.82 Å². The van der Waals surface area contributed by atoms with E-state index < -0.39 is 0 Å². The Morgan fingerprint density at radius 2 is 2.19 bits per heavy atom. The molecule has 82 valence electrons. The van der Waals surface area contributed by atoms with Crippen LogP contribution in [-0.4, -0.2) is 17.9 Å². The Balaban J connectivity index is 2.44.